The number of ketones is 1. The van der Waals surface area contributed by atoms with Crippen LogP contribution < -0.4 is 9.47 Å². The van der Waals surface area contributed by atoms with Gasteiger partial charge in [0, 0.05) is 11.0 Å². The number of carboxylic acids is 1. The molecule has 0 unspecified atom stereocenters. The summed E-state index contributed by atoms with van der Waals surface area (Å²) in [7, 11) is 0. The van der Waals surface area contributed by atoms with Gasteiger partial charge in [0.25, 0.3) is 5.78 Å². The minimum absolute atomic E-state index is 0.0773. The lowest BCUT2D eigenvalue weighted by molar-refractivity contribution is -0.131. The number of aliphatic carboxylic acids is 1. The molecule has 1 heterocycles. The Morgan fingerprint density at radius 3 is 2.53 bits per heavy atom. The molecule has 2 aliphatic rings. The van der Waals surface area contributed by atoms with Crippen molar-refractivity contribution in [3.63, 3.8) is 0 Å². The van der Waals surface area contributed by atoms with Gasteiger partial charge in [-0.05, 0) is 40.9 Å². The zero-order valence-corrected chi connectivity index (χ0v) is 11.5. The van der Waals surface area contributed by atoms with Crippen molar-refractivity contribution in [2.75, 3.05) is 13.2 Å². The van der Waals surface area contributed by atoms with Gasteiger partial charge in [0.05, 0.1) is 17.7 Å². The van der Waals surface area contributed by atoms with Crippen LogP contribution in [0, 0.1) is 5.41 Å². The van der Waals surface area contributed by atoms with Crippen molar-refractivity contribution in [3.05, 3.63) is 22.2 Å². The highest BCUT2D eigenvalue weighted by molar-refractivity contribution is 9.10. The number of hydrogen-bond acceptors (Lipinski definition) is 4. The molecule has 1 aliphatic carbocycles. The Bertz CT molecular complexity index is 577. The number of fused-ring (bicyclic) bond motifs is 1. The van der Waals surface area contributed by atoms with Gasteiger partial charge in [-0.2, -0.15) is 0 Å². The van der Waals surface area contributed by atoms with E-state index in [1.165, 1.54) is 12.1 Å². The molecular formula is C13H11BrO5. The fourth-order valence-corrected chi connectivity index (χ4v) is 2.59. The Hall–Kier alpha value is -1.56. The Morgan fingerprint density at radius 1 is 1.21 bits per heavy atom. The molecule has 0 atom stereocenters. The van der Waals surface area contributed by atoms with E-state index in [1.807, 2.05) is 0 Å². The molecule has 0 bridgehead atoms. The van der Waals surface area contributed by atoms with Crippen LogP contribution in [0.15, 0.2) is 16.6 Å². The number of rotatable bonds is 2. The average Bonchev–Trinajstić information content (AvgIpc) is 3.16. The highest BCUT2D eigenvalue weighted by Crippen LogP contribution is 2.50. The summed E-state index contributed by atoms with van der Waals surface area (Å²) >= 11 is 3.29. The lowest BCUT2D eigenvalue weighted by atomic mass is 10.1. The van der Waals surface area contributed by atoms with Crippen LogP contribution in [0.3, 0.4) is 0 Å². The van der Waals surface area contributed by atoms with E-state index < -0.39 is 11.8 Å². The van der Waals surface area contributed by atoms with Crippen LogP contribution in [0.4, 0.5) is 0 Å². The second kappa shape index (κ2) is 4.23. The molecule has 1 aromatic rings. The van der Waals surface area contributed by atoms with Crippen LogP contribution in [0.2, 0.25) is 0 Å². The standard InChI is InChI=1S/C13H11BrO5/c14-8-3-7(10(15)12(16)17)4-9-11(8)19-6-13(1-2-13)5-18-9/h3-4H,1-2,5-6H2,(H,16,17). The van der Waals surface area contributed by atoms with E-state index in [0.717, 1.165) is 12.8 Å². The van der Waals surface area contributed by atoms with E-state index in [4.69, 9.17) is 14.6 Å². The third-order valence-electron chi connectivity index (χ3n) is 3.48. The Balaban J connectivity index is 1.97. The maximum Gasteiger partial charge on any atom is 0.377 e. The normalized spacial score (nSPS) is 18.8. The van der Waals surface area contributed by atoms with Crippen LogP contribution in [-0.2, 0) is 4.79 Å². The van der Waals surface area contributed by atoms with Gasteiger partial charge in [-0.1, -0.05) is 0 Å². The van der Waals surface area contributed by atoms with Gasteiger partial charge in [-0.25, -0.2) is 4.79 Å². The molecule has 6 heteroatoms. The predicted octanol–water partition coefficient (Wildman–Crippen LogP) is 2.27. The third-order valence-corrected chi connectivity index (χ3v) is 4.07. The van der Waals surface area contributed by atoms with E-state index in [1.54, 1.807) is 0 Å². The Labute approximate surface area is 117 Å². The predicted molar refractivity (Wildman–Crippen MR) is 68.8 cm³/mol. The van der Waals surface area contributed by atoms with Gasteiger partial charge < -0.3 is 14.6 Å². The smallest absolute Gasteiger partial charge is 0.377 e. The summed E-state index contributed by atoms with van der Waals surface area (Å²) in [5.41, 5.74) is 0.170. The van der Waals surface area contributed by atoms with Gasteiger partial charge in [0.1, 0.15) is 0 Å². The molecule has 3 rings (SSSR count). The number of carbonyl (C=O) groups is 2. The molecular weight excluding hydrogens is 316 g/mol. The first-order chi connectivity index (χ1) is 9.01. The number of Topliss-reactive ketones (excluding diaryl/α,β-unsaturated/α-hetero) is 1. The number of ether oxygens (including phenoxy) is 2. The van der Waals surface area contributed by atoms with E-state index >= 15 is 0 Å². The minimum atomic E-state index is -1.49. The van der Waals surface area contributed by atoms with Crippen molar-refractivity contribution >= 4 is 27.7 Å². The quantitative estimate of drug-likeness (QED) is 0.666. The molecule has 19 heavy (non-hydrogen) atoms. The molecule has 100 valence electrons. The summed E-state index contributed by atoms with van der Waals surface area (Å²) in [6.45, 7) is 1.13. The van der Waals surface area contributed by atoms with Crippen molar-refractivity contribution in [3.8, 4) is 11.5 Å². The number of halogens is 1. The Morgan fingerprint density at radius 2 is 1.89 bits per heavy atom. The number of carboxylic acid groups (broad SMARTS) is 1. The first-order valence-corrected chi connectivity index (χ1v) is 6.67. The molecule has 1 spiro atoms. The van der Waals surface area contributed by atoms with E-state index in [0.29, 0.717) is 29.2 Å². The molecule has 1 fully saturated rings. The maximum atomic E-state index is 11.5. The van der Waals surface area contributed by atoms with Crippen LogP contribution in [-0.4, -0.2) is 30.1 Å². The zero-order chi connectivity index (χ0) is 13.6. The van der Waals surface area contributed by atoms with Crippen LogP contribution >= 0.6 is 15.9 Å². The van der Waals surface area contributed by atoms with Gasteiger partial charge in [-0.15, -0.1) is 0 Å². The molecule has 0 amide bonds. The maximum absolute atomic E-state index is 11.5. The van der Waals surface area contributed by atoms with Crippen molar-refractivity contribution in [1.82, 2.24) is 0 Å². The van der Waals surface area contributed by atoms with Crippen LogP contribution in [0.1, 0.15) is 23.2 Å². The monoisotopic (exact) mass is 326 g/mol. The van der Waals surface area contributed by atoms with E-state index in [2.05, 4.69) is 15.9 Å². The van der Waals surface area contributed by atoms with Crippen molar-refractivity contribution in [2.24, 2.45) is 5.41 Å². The van der Waals surface area contributed by atoms with E-state index in [9.17, 15) is 9.59 Å². The highest BCUT2D eigenvalue weighted by Gasteiger charge is 2.46. The first-order valence-electron chi connectivity index (χ1n) is 5.88. The molecule has 1 aliphatic heterocycles. The SMILES string of the molecule is O=C(O)C(=O)c1cc(Br)c2c(c1)OCC1(CC1)CO2. The van der Waals surface area contributed by atoms with Crippen LogP contribution in [0.25, 0.3) is 0 Å². The summed E-state index contributed by atoms with van der Waals surface area (Å²) in [6, 6.07) is 2.88. The zero-order valence-electron chi connectivity index (χ0n) is 9.94. The number of carbonyl (C=O) groups excluding carboxylic acids is 1. The second-order valence-corrected chi connectivity index (χ2v) is 5.85. The molecule has 1 N–H and O–H groups in total. The minimum Gasteiger partial charge on any atom is -0.489 e. The molecule has 0 saturated heterocycles. The number of benzene rings is 1. The lowest BCUT2D eigenvalue weighted by Gasteiger charge is -2.10. The fraction of sp³-hybridized carbons (Fsp3) is 0.385. The lowest BCUT2D eigenvalue weighted by Crippen LogP contribution is -2.17. The van der Waals surface area contributed by atoms with Crippen LogP contribution in [0.5, 0.6) is 11.5 Å². The van der Waals surface area contributed by atoms with Crippen molar-refractivity contribution in [2.45, 2.75) is 12.8 Å². The molecule has 5 nitrogen and oxygen atoms in total. The summed E-state index contributed by atoms with van der Waals surface area (Å²) in [6.07, 6.45) is 2.14. The second-order valence-electron chi connectivity index (χ2n) is 5.00. The summed E-state index contributed by atoms with van der Waals surface area (Å²) in [5.74, 6) is -1.49. The average molecular weight is 327 g/mol. The summed E-state index contributed by atoms with van der Waals surface area (Å²) in [4.78, 5) is 22.2. The molecule has 0 radical (unpaired) electrons. The first kappa shape index (κ1) is 12.5. The molecule has 1 aromatic carbocycles. The summed E-state index contributed by atoms with van der Waals surface area (Å²) in [5, 5.41) is 8.74. The van der Waals surface area contributed by atoms with Gasteiger partial charge in [0.2, 0.25) is 0 Å². The topological polar surface area (TPSA) is 72.8 Å². The summed E-state index contributed by atoms with van der Waals surface area (Å²) < 4.78 is 11.9. The molecule has 1 saturated carbocycles. The van der Waals surface area contributed by atoms with Gasteiger partial charge in [0.15, 0.2) is 11.5 Å². The third kappa shape index (κ3) is 2.20. The van der Waals surface area contributed by atoms with Crippen molar-refractivity contribution in [1.29, 1.82) is 0 Å². The fourth-order valence-electron chi connectivity index (χ4n) is 2.03. The largest absolute Gasteiger partial charge is 0.489 e. The molecule has 0 aromatic heterocycles. The van der Waals surface area contributed by atoms with Crippen molar-refractivity contribution < 1.29 is 24.2 Å². The highest BCUT2D eigenvalue weighted by atomic mass is 79.9. The Kier molecular flexibility index (Phi) is 2.78. The number of hydrogen-bond donors (Lipinski definition) is 1. The van der Waals surface area contributed by atoms with E-state index in [-0.39, 0.29) is 11.0 Å². The van der Waals surface area contributed by atoms with Gasteiger partial charge >= 0.3 is 5.97 Å². The van der Waals surface area contributed by atoms with Gasteiger partial charge in [-0.3, -0.25) is 4.79 Å².